The molecule has 5 N–H and O–H groups in total. The van der Waals surface area contributed by atoms with Gasteiger partial charge in [0.15, 0.2) is 0 Å². The summed E-state index contributed by atoms with van der Waals surface area (Å²) in [6.07, 6.45) is 2.14. The second kappa shape index (κ2) is 8.08. The van der Waals surface area contributed by atoms with Crippen molar-refractivity contribution >= 4 is 23.1 Å². The molecule has 1 aromatic heterocycles. The molecule has 29 heavy (non-hydrogen) atoms. The number of carboxylic acid groups (broad SMARTS) is 1. The zero-order valence-corrected chi connectivity index (χ0v) is 16.3. The van der Waals surface area contributed by atoms with Gasteiger partial charge in [0.25, 0.3) is 12.0 Å². The lowest BCUT2D eigenvalue weighted by Gasteiger charge is -2.25. The standard InChI is InChI=1S/C19H24F2N4O.CH2O2/c1-11-16-12(6-13(8-22)18(26)25(16)14-2-3-14)7-15(20)17(11)24-5-4-19(21,9-23)10-24;2-1-3/h6-7,14H,2-5,8-10,22-23H2,1H3;1H,(H,2,3). The SMILES string of the molecule is Cc1c(N2CCC(F)(CN)C2)c(F)cc2cc(CN)c(=O)n(C3CC3)c12.O=CO. The van der Waals surface area contributed by atoms with Gasteiger partial charge in [0, 0.05) is 43.0 Å². The van der Waals surface area contributed by atoms with Crippen LogP contribution in [0.1, 0.15) is 36.4 Å². The van der Waals surface area contributed by atoms with Gasteiger partial charge in [-0.3, -0.25) is 9.59 Å². The molecule has 1 saturated heterocycles. The van der Waals surface area contributed by atoms with E-state index < -0.39 is 11.5 Å². The minimum Gasteiger partial charge on any atom is -0.483 e. The summed E-state index contributed by atoms with van der Waals surface area (Å²) in [5, 5.41) is 7.56. The maximum Gasteiger partial charge on any atom is 0.290 e. The van der Waals surface area contributed by atoms with E-state index >= 15 is 0 Å². The summed E-state index contributed by atoms with van der Waals surface area (Å²) in [4.78, 5) is 22.9. The molecule has 2 aromatic rings. The van der Waals surface area contributed by atoms with Gasteiger partial charge in [0.05, 0.1) is 17.7 Å². The highest BCUT2D eigenvalue weighted by molar-refractivity contribution is 5.88. The van der Waals surface area contributed by atoms with Gasteiger partial charge >= 0.3 is 0 Å². The van der Waals surface area contributed by atoms with E-state index in [9.17, 15) is 13.6 Å². The molecule has 2 fully saturated rings. The van der Waals surface area contributed by atoms with Crippen LogP contribution in [0.5, 0.6) is 0 Å². The van der Waals surface area contributed by atoms with Crippen LogP contribution in [0.25, 0.3) is 10.9 Å². The molecule has 4 rings (SSSR count). The number of aryl methyl sites for hydroxylation is 1. The van der Waals surface area contributed by atoms with Crippen LogP contribution < -0.4 is 21.9 Å². The first kappa shape index (κ1) is 21.2. The number of nitrogens with zero attached hydrogens (tertiary/aromatic N) is 2. The third-order valence-electron chi connectivity index (χ3n) is 5.67. The average Bonchev–Trinajstić information content (AvgIpc) is 3.45. The van der Waals surface area contributed by atoms with Crippen molar-refractivity contribution < 1.29 is 18.7 Å². The summed E-state index contributed by atoms with van der Waals surface area (Å²) in [6.45, 7) is 2.08. The molecule has 1 atom stereocenters. The van der Waals surface area contributed by atoms with Gasteiger partial charge < -0.3 is 26.0 Å². The van der Waals surface area contributed by atoms with E-state index in [1.54, 1.807) is 15.5 Å². The van der Waals surface area contributed by atoms with E-state index in [1.165, 1.54) is 6.07 Å². The van der Waals surface area contributed by atoms with Crippen molar-refractivity contribution in [1.29, 1.82) is 0 Å². The Morgan fingerprint density at radius 3 is 2.52 bits per heavy atom. The third kappa shape index (κ3) is 3.84. The van der Waals surface area contributed by atoms with Crippen LogP contribution >= 0.6 is 0 Å². The molecule has 0 bridgehead atoms. The average molecular weight is 408 g/mol. The molecule has 7 nitrogen and oxygen atoms in total. The highest BCUT2D eigenvalue weighted by Crippen LogP contribution is 2.40. The van der Waals surface area contributed by atoms with E-state index in [0.29, 0.717) is 28.7 Å². The monoisotopic (exact) mass is 408 g/mol. The first-order chi connectivity index (χ1) is 13.8. The second-order valence-electron chi connectivity index (χ2n) is 7.68. The molecule has 2 heterocycles. The number of rotatable bonds is 4. The van der Waals surface area contributed by atoms with Crippen LogP contribution in [-0.2, 0) is 11.3 Å². The summed E-state index contributed by atoms with van der Waals surface area (Å²) < 4.78 is 31.3. The van der Waals surface area contributed by atoms with Gasteiger partial charge in [0.1, 0.15) is 11.5 Å². The molecule has 9 heteroatoms. The lowest BCUT2D eigenvalue weighted by Crippen LogP contribution is -2.36. The highest BCUT2D eigenvalue weighted by atomic mass is 19.1. The van der Waals surface area contributed by atoms with Gasteiger partial charge in [-0.25, -0.2) is 8.78 Å². The lowest BCUT2D eigenvalue weighted by atomic mass is 10.0. The normalized spacial score (nSPS) is 21.2. The number of fused-ring (bicyclic) bond motifs is 1. The number of pyridine rings is 1. The molecule has 1 aliphatic heterocycles. The van der Waals surface area contributed by atoms with Gasteiger partial charge in [-0.05, 0) is 37.5 Å². The zero-order chi connectivity index (χ0) is 21.3. The first-order valence-electron chi connectivity index (χ1n) is 9.59. The van der Waals surface area contributed by atoms with Crippen LogP contribution in [0, 0.1) is 12.7 Å². The van der Waals surface area contributed by atoms with Gasteiger partial charge in [-0.2, -0.15) is 0 Å². The number of alkyl halides is 1. The number of aromatic nitrogens is 1. The molecule has 0 amide bonds. The minimum absolute atomic E-state index is 0.0707. The molecule has 0 spiro atoms. The van der Waals surface area contributed by atoms with Crippen molar-refractivity contribution in [2.75, 3.05) is 24.5 Å². The molecular weight excluding hydrogens is 382 g/mol. The first-order valence-corrected chi connectivity index (χ1v) is 9.59. The molecule has 158 valence electrons. The van der Waals surface area contributed by atoms with Gasteiger partial charge in [-0.1, -0.05) is 0 Å². The second-order valence-corrected chi connectivity index (χ2v) is 7.68. The molecular formula is C20H26F2N4O3. The topological polar surface area (TPSA) is 115 Å². The van der Waals surface area contributed by atoms with Crippen LogP contribution in [0.2, 0.25) is 0 Å². The summed E-state index contributed by atoms with van der Waals surface area (Å²) in [5.41, 5.74) is 11.9. The van der Waals surface area contributed by atoms with Crippen LogP contribution in [0.3, 0.4) is 0 Å². The van der Waals surface area contributed by atoms with Gasteiger partial charge in [0.2, 0.25) is 0 Å². The Morgan fingerprint density at radius 1 is 1.34 bits per heavy atom. The van der Waals surface area contributed by atoms with E-state index in [-0.39, 0.29) is 44.1 Å². The van der Waals surface area contributed by atoms with E-state index in [2.05, 4.69) is 0 Å². The van der Waals surface area contributed by atoms with Crippen molar-refractivity contribution in [3.8, 4) is 0 Å². The number of hydrogen-bond acceptors (Lipinski definition) is 5. The van der Waals surface area contributed by atoms with Crippen molar-refractivity contribution in [1.82, 2.24) is 4.57 Å². The third-order valence-corrected chi connectivity index (χ3v) is 5.67. The molecule has 1 unspecified atom stereocenters. The Labute approximate surface area is 166 Å². The number of hydrogen-bond donors (Lipinski definition) is 3. The number of nitrogens with two attached hydrogens (primary N) is 2. The van der Waals surface area contributed by atoms with E-state index in [0.717, 1.165) is 18.4 Å². The molecule has 0 radical (unpaired) electrons. The summed E-state index contributed by atoms with van der Waals surface area (Å²) >= 11 is 0. The Morgan fingerprint density at radius 2 is 2.00 bits per heavy atom. The number of halogens is 2. The number of anilines is 1. The summed E-state index contributed by atoms with van der Waals surface area (Å²) in [7, 11) is 0. The molecule has 1 saturated carbocycles. The number of carbonyl (C=O) groups is 1. The van der Waals surface area contributed by atoms with E-state index in [1.807, 2.05) is 6.92 Å². The largest absolute Gasteiger partial charge is 0.483 e. The van der Waals surface area contributed by atoms with Gasteiger partial charge in [-0.15, -0.1) is 0 Å². The predicted molar refractivity (Wildman–Crippen MR) is 107 cm³/mol. The summed E-state index contributed by atoms with van der Waals surface area (Å²) in [6, 6.07) is 3.26. The highest BCUT2D eigenvalue weighted by Gasteiger charge is 2.39. The Bertz CT molecular complexity index is 990. The van der Waals surface area contributed by atoms with Crippen molar-refractivity contribution in [2.24, 2.45) is 11.5 Å². The zero-order valence-electron chi connectivity index (χ0n) is 16.3. The molecule has 1 aromatic carbocycles. The van der Waals surface area contributed by atoms with Crippen molar-refractivity contribution in [3.63, 3.8) is 0 Å². The fourth-order valence-electron chi connectivity index (χ4n) is 4.13. The molecule has 1 aliphatic carbocycles. The quantitative estimate of drug-likeness (QED) is 0.665. The number of benzene rings is 1. The maximum absolute atomic E-state index is 15.0. The van der Waals surface area contributed by atoms with Crippen molar-refractivity contribution in [2.45, 2.75) is 44.4 Å². The smallest absolute Gasteiger partial charge is 0.290 e. The maximum atomic E-state index is 15.0. The van der Waals surface area contributed by atoms with Crippen LogP contribution in [0.4, 0.5) is 14.5 Å². The fourth-order valence-corrected chi connectivity index (χ4v) is 4.13. The fraction of sp³-hybridized carbons (Fsp3) is 0.500. The molecule has 2 aliphatic rings. The predicted octanol–water partition coefficient (Wildman–Crippen LogP) is 1.82. The Balaban J connectivity index is 0.000000755. The Hall–Kier alpha value is -2.52. The van der Waals surface area contributed by atoms with E-state index in [4.69, 9.17) is 21.4 Å². The van der Waals surface area contributed by atoms with Crippen LogP contribution in [-0.4, -0.2) is 41.4 Å². The lowest BCUT2D eigenvalue weighted by molar-refractivity contribution is -0.122. The summed E-state index contributed by atoms with van der Waals surface area (Å²) in [5.74, 6) is -0.403. The Kier molecular flexibility index (Phi) is 5.90. The van der Waals surface area contributed by atoms with Crippen molar-refractivity contribution in [3.05, 3.63) is 39.4 Å². The van der Waals surface area contributed by atoms with Crippen LogP contribution in [0.15, 0.2) is 16.9 Å². The minimum atomic E-state index is -1.49.